The highest BCUT2D eigenvalue weighted by Crippen LogP contribution is 2.22. The Hall–Kier alpha value is -2.67. The van der Waals surface area contributed by atoms with E-state index < -0.39 is 5.97 Å². The number of aromatic carboxylic acids is 1. The molecule has 3 aromatic heterocycles. The van der Waals surface area contributed by atoms with E-state index in [1.54, 1.807) is 29.8 Å². The second-order valence-corrected chi connectivity index (χ2v) is 5.17. The molecule has 0 saturated heterocycles. The number of hydrogen-bond donors (Lipinski definition) is 1. The van der Waals surface area contributed by atoms with Gasteiger partial charge < -0.3 is 9.84 Å². The molecular formula is C14H10N2O4S. The quantitative estimate of drug-likeness (QED) is 0.797. The number of carboxylic acids is 1. The number of carbonyl (C=O) groups is 1. The first kappa shape index (κ1) is 13.3. The third kappa shape index (κ3) is 2.77. The highest BCUT2D eigenvalue weighted by Gasteiger charge is 2.08. The molecule has 0 radical (unpaired) electrons. The van der Waals surface area contributed by atoms with E-state index in [0.29, 0.717) is 17.1 Å². The maximum atomic E-state index is 11.9. The van der Waals surface area contributed by atoms with Gasteiger partial charge in [0.05, 0.1) is 5.69 Å². The van der Waals surface area contributed by atoms with Gasteiger partial charge in [-0.25, -0.2) is 9.78 Å². The summed E-state index contributed by atoms with van der Waals surface area (Å²) < 4.78 is 6.90. The van der Waals surface area contributed by atoms with Crippen LogP contribution in [0, 0.1) is 0 Å². The lowest BCUT2D eigenvalue weighted by molar-refractivity contribution is 0.0702. The number of carboxylic acid groups (broad SMARTS) is 1. The summed E-state index contributed by atoms with van der Waals surface area (Å²) in [5.41, 5.74) is 0.852. The van der Waals surface area contributed by atoms with Crippen molar-refractivity contribution < 1.29 is 14.6 Å². The third-order valence-electron chi connectivity index (χ3n) is 2.80. The highest BCUT2D eigenvalue weighted by atomic mass is 32.1. The van der Waals surface area contributed by atoms with E-state index in [1.165, 1.54) is 16.5 Å². The molecule has 1 N–H and O–H groups in total. The number of rotatable bonds is 4. The fourth-order valence-electron chi connectivity index (χ4n) is 1.84. The van der Waals surface area contributed by atoms with Crippen LogP contribution >= 0.6 is 11.3 Å². The molecule has 0 amide bonds. The average molecular weight is 302 g/mol. The maximum absolute atomic E-state index is 11.9. The van der Waals surface area contributed by atoms with E-state index in [9.17, 15) is 9.59 Å². The second-order valence-electron chi connectivity index (χ2n) is 4.26. The van der Waals surface area contributed by atoms with Gasteiger partial charge in [-0.3, -0.25) is 9.20 Å². The van der Waals surface area contributed by atoms with Crippen LogP contribution < -0.4 is 10.3 Å². The smallest absolute Gasteiger partial charge is 0.346 e. The van der Waals surface area contributed by atoms with Gasteiger partial charge in [-0.15, -0.1) is 11.3 Å². The van der Waals surface area contributed by atoms with Gasteiger partial charge in [0, 0.05) is 23.7 Å². The minimum absolute atomic E-state index is 0.108. The van der Waals surface area contributed by atoms with Gasteiger partial charge in [0.2, 0.25) is 0 Å². The first-order valence-corrected chi connectivity index (χ1v) is 6.93. The maximum Gasteiger partial charge on any atom is 0.346 e. The summed E-state index contributed by atoms with van der Waals surface area (Å²) in [6.45, 7) is 0.108. The molecule has 0 unspecified atom stereocenters. The number of nitrogens with zero attached hydrogens (tertiary/aromatic N) is 2. The Bertz CT molecular complexity index is 869. The SMILES string of the molecule is O=C(O)c1cc(OCc2cc(=O)n3ccccc3n2)cs1. The molecule has 21 heavy (non-hydrogen) atoms. The summed E-state index contributed by atoms with van der Waals surface area (Å²) in [4.78, 5) is 27.2. The van der Waals surface area contributed by atoms with Crippen LogP contribution in [-0.4, -0.2) is 20.5 Å². The number of ether oxygens (including phenoxy) is 1. The number of hydrogen-bond acceptors (Lipinski definition) is 5. The molecule has 106 valence electrons. The summed E-state index contributed by atoms with van der Waals surface area (Å²) in [5, 5.41) is 10.4. The zero-order valence-corrected chi connectivity index (χ0v) is 11.5. The Morgan fingerprint density at radius 2 is 2.24 bits per heavy atom. The van der Waals surface area contributed by atoms with Gasteiger partial charge in [-0.2, -0.15) is 0 Å². The molecule has 7 heteroatoms. The molecule has 0 aromatic carbocycles. The molecular weight excluding hydrogens is 292 g/mol. The molecule has 0 bridgehead atoms. The number of pyridine rings is 1. The highest BCUT2D eigenvalue weighted by molar-refractivity contribution is 7.12. The summed E-state index contributed by atoms with van der Waals surface area (Å²) >= 11 is 1.09. The van der Waals surface area contributed by atoms with Crippen LogP contribution in [-0.2, 0) is 6.61 Å². The molecule has 3 heterocycles. The van der Waals surface area contributed by atoms with E-state index >= 15 is 0 Å². The van der Waals surface area contributed by atoms with Crippen molar-refractivity contribution in [1.82, 2.24) is 9.38 Å². The zero-order chi connectivity index (χ0) is 14.8. The topological polar surface area (TPSA) is 80.9 Å². The summed E-state index contributed by atoms with van der Waals surface area (Å²) in [6.07, 6.45) is 1.65. The summed E-state index contributed by atoms with van der Waals surface area (Å²) in [5.74, 6) is -0.538. The fraction of sp³-hybridized carbons (Fsp3) is 0.0714. The van der Waals surface area contributed by atoms with Crippen LogP contribution in [0.4, 0.5) is 0 Å². The van der Waals surface area contributed by atoms with E-state index in [2.05, 4.69) is 4.98 Å². The molecule has 0 aliphatic heterocycles. The Morgan fingerprint density at radius 3 is 3.00 bits per heavy atom. The number of fused-ring (bicyclic) bond motifs is 1. The minimum atomic E-state index is -0.989. The van der Waals surface area contributed by atoms with Gasteiger partial charge in [0.25, 0.3) is 5.56 Å². The third-order valence-corrected chi connectivity index (χ3v) is 3.69. The fourth-order valence-corrected chi connectivity index (χ4v) is 2.51. The van der Waals surface area contributed by atoms with Crippen molar-refractivity contribution in [2.75, 3.05) is 0 Å². The normalized spacial score (nSPS) is 10.7. The predicted octanol–water partition coefficient (Wildman–Crippen LogP) is 2.03. The first-order valence-electron chi connectivity index (χ1n) is 6.05. The first-order chi connectivity index (χ1) is 10.1. The van der Waals surface area contributed by atoms with Gasteiger partial charge in [-0.05, 0) is 12.1 Å². The van der Waals surface area contributed by atoms with E-state index in [4.69, 9.17) is 9.84 Å². The lowest BCUT2D eigenvalue weighted by Gasteiger charge is -2.05. The average Bonchev–Trinajstić information content (AvgIpc) is 2.94. The predicted molar refractivity (Wildman–Crippen MR) is 77.1 cm³/mol. The molecule has 0 aliphatic carbocycles. The Morgan fingerprint density at radius 1 is 1.38 bits per heavy atom. The lowest BCUT2D eigenvalue weighted by atomic mass is 10.4. The Labute approximate surface area is 122 Å². The van der Waals surface area contributed by atoms with Gasteiger partial charge >= 0.3 is 5.97 Å². The van der Waals surface area contributed by atoms with Crippen LogP contribution in [0.2, 0.25) is 0 Å². The molecule has 3 aromatic rings. The molecule has 0 atom stereocenters. The second kappa shape index (κ2) is 5.37. The van der Waals surface area contributed by atoms with E-state index in [1.807, 2.05) is 0 Å². The lowest BCUT2D eigenvalue weighted by Crippen LogP contribution is -2.15. The Balaban J connectivity index is 1.81. The van der Waals surface area contributed by atoms with Crippen LogP contribution in [0.5, 0.6) is 5.75 Å². The van der Waals surface area contributed by atoms with Crippen LogP contribution in [0.1, 0.15) is 15.4 Å². The standard InChI is InChI=1S/C14H10N2O4S/c17-13-5-9(15-12-3-1-2-4-16(12)13)7-20-10-6-11(14(18)19)21-8-10/h1-6,8H,7H2,(H,18,19). The van der Waals surface area contributed by atoms with Crippen molar-refractivity contribution in [3.8, 4) is 5.75 Å². The summed E-state index contributed by atoms with van der Waals surface area (Å²) in [7, 11) is 0. The summed E-state index contributed by atoms with van der Waals surface area (Å²) in [6, 6.07) is 8.13. The van der Waals surface area contributed by atoms with E-state index in [0.717, 1.165) is 11.3 Å². The zero-order valence-electron chi connectivity index (χ0n) is 10.7. The largest absolute Gasteiger partial charge is 0.486 e. The Kier molecular flexibility index (Phi) is 3.41. The van der Waals surface area contributed by atoms with Crippen LogP contribution in [0.3, 0.4) is 0 Å². The van der Waals surface area contributed by atoms with Crippen molar-refractivity contribution in [3.63, 3.8) is 0 Å². The molecule has 0 saturated carbocycles. The molecule has 0 aliphatic rings. The molecule has 0 fully saturated rings. The van der Waals surface area contributed by atoms with Crippen molar-refractivity contribution in [3.05, 3.63) is 62.8 Å². The van der Waals surface area contributed by atoms with Crippen LogP contribution in [0.15, 0.2) is 46.7 Å². The van der Waals surface area contributed by atoms with Crippen molar-refractivity contribution in [2.24, 2.45) is 0 Å². The van der Waals surface area contributed by atoms with Gasteiger partial charge in [0.1, 0.15) is 22.9 Å². The van der Waals surface area contributed by atoms with Gasteiger partial charge in [0.15, 0.2) is 0 Å². The van der Waals surface area contributed by atoms with Gasteiger partial charge in [-0.1, -0.05) is 6.07 Å². The minimum Gasteiger partial charge on any atom is -0.486 e. The number of aromatic nitrogens is 2. The molecule has 0 spiro atoms. The van der Waals surface area contributed by atoms with Crippen molar-refractivity contribution in [1.29, 1.82) is 0 Å². The van der Waals surface area contributed by atoms with E-state index in [-0.39, 0.29) is 17.0 Å². The molecule has 6 nitrogen and oxygen atoms in total. The number of thiophene rings is 1. The monoisotopic (exact) mass is 302 g/mol. The van der Waals surface area contributed by atoms with Crippen molar-refractivity contribution >= 4 is 23.0 Å². The van der Waals surface area contributed by atoms with Crippen molar-refractivity contribution in [2.45, 2.75) is 6.61 Å². The van der Waals surface area contributed by atoms with Crippen LogP contribution in [0.25, 0.3) is 5.65 Å². The molecule has 3 rings (SSSR count).